The van der Waals surface area contributed by atoms with Gasteiger partial charge in [0.05, 0.1) is 0 Å². The van der Waals surface area contributed by atoms with E-state index >= 15 is 0 Å². The Morgan fingerprint density at radius 1 is 1.22 bits per heavy atom. The normalized spacial score (nSPS) is 14.3. The van der Waals surface area contributed by atoms with E-state index in [-0.39, 0.29) is 0 Å². The molecule has 0 aliphatic heterocycles. The Hall–Kier alpha value is 0. The van der Waals surface area contributed by atoms with Gasteiger partial charge in [-0.2, -0.15) is 0 Å². The third-order valence-corrected chi connectivity index (χ3v) is 1.71. The van der Waals surface area contributed by atoms with Gasteiger partial charge in [-0.25, -0.2) is 0 Å². The Balaban J connectivity index is 3.06. The van der Waals surface area contributed by atoms with Gasteiger partial charge in [-0.15, -0.1) is 0 Å². The molecule has 0 bridgehead atoms. The molecular formula is C9H19. The highest BCUT2D eigenvalue weighted by molar-refractivity contribution is 4.70. The van der Waals surface area contributed by atoms with Crippen molar-refractivity contribution in [1.82, 2.24) is 0 Å². The zero-order chi connectivity index (χ0) is 7.28. The molecule has 1 unspecified atom stereocenters. The van der Waals surface area contributed by atoms with Crippen LogP contribution < -0.4 is 0 Å². The summed E-state index contributed by atoms with van der Waals surface area (Å²) in [6, 6.07) is 0. The summed E-state index contributed by atoms with van der Waals surface area (Å²) >= 11 is 0. The number of hydrogen-bond acceptors (Lipinski definition) is 0. The van der Waals surface area contributed by atoms with Crippen LogP contribution in [0.3, 0.4) is 0 Å². The van der Waals surface area contributed by atoms with Crippen molar-refractivity contribution >= 4 is 0 Å². The van der Waals surface area contributed by atoms with Crippen molar-refractivity contribution in [3.05, 3.63) is 6.42 Å². The van der Waals surface area contributed by atoms with Gasteiger partial charge in [0.25, 0.3) is 0 Å². The van der Waals surface area contributed by atoms with Crippen molar-refractivity contribution in [3.8, 4) is 0 Å². The zero-order valence-electron chi connectivity index (χ0n) is 7.15. The van der Waals surface area contributed by atoms with Crippen molar-refractivity contribution in [2.45, 2.75) is 40.5 Å². The first-order valence-corrected chi connectivity index (χ1v) is 4.00. The molecular weight excluding hydrogens is 108 g/mol. The van der Waals surface area contributed by atoms with E-state index in [1.54, 1.807) is 0 Å². The van der Waals surface area contributed by atoms with E-state index < -0.39 is 0 Å². The SMILES string of the molecule is CCC(C)C[CH]C(C)C. The van der Waals surface area contributed by atoms with Crippen LogP contribution in [0.25, 0.3) is 0 Å². The molecule has 0 saturated carbocycles. The third kappa shape index (κ3) is 5.88. The highest BCUT2D eigenvalue weighted by atomic mass is 14.1. The first kappa shape index (κ1) is 9.00. The average Bonchev–Trinajstić information content (AvgIpc) is 1.83. The van der Waals surface area contributed by atoms with E-state index in [2.05, 4.69) is 34.1 Å². The maximum absolute atomic E-state index is 2.40. The second-order valence-electron chi connectivity index (χ2n) is 3.23. The summed E-state index contributed by atoms with van der Waals surface area (Å²) in [5.74, 6) is 1.64. The van der Waals surface area contributed by atoms with Crippen molar-refractivity contribution in [2.24, 2.45) is 11.8 Å². The molecule has 0 saturated heterocycles. The van der Waals surface area contributed by atoms with Crippen molar-refractivity contribution in [3.63, 3.8) is 0 Å². The van der Waals surface area contributed by atoms with E-state index in [4.69, 9.17) is 0 Å². The number of hydrogen-bond donors (Lipinski definition) is 0. The lowest BCUT2D eigenvalue weighted by Gasteiger charge is -2.08. The number of rotatable bonds is 4. The van der Waals surface area contributed by atoms with E-state index in [1.165, 1.54) is 12.8 Å². The molecule has 0 spiro atoms. The van der Waals surface area contributed by atoms with E-state index in [0.29, 0.717) is 0 Å². The fraction of sp³-hybridized carbons (Fsp3) is 0.889. The zero-order valence-corrected chi connectivity index (χ0v) is 7.15. The van der Waals surface area contributed by atoms with Crippen LogP contribution in [0.4, 0.5) is 0 Å². The molecule has 0 amide bonds. The van der Waals surface area contributed by atoms with Crippen LogP contribution >= 0.6 is 0 Å². The van der Waals surface area contributed by atoms with Gasteiger partial charge in [-0.3, -0.25) is 0 Å². The molecule has 55 valence electrons. The smallest absolute Gasteiger partial charge is 0.0358 e. The van der Waals surface area contributed by atoms with Crippen LogP contribution in [0.1, 0.15) is 40.5 Å². The van der Waals surface area contributed by atoms with Gasteiger partial charge in [-0.05, 0) is 24.7 Å². The van der Waals surface area contributed by atoms with E-state index in [9.17, 15) is 0 Å². The molecule has 0 aromatic rings. The highest BCUT2D eigenvalue weighted by Gasteiger charge is 1.99. The molecule has 0 aliphatic carbocycles. The van der Waals surface area contributed by atoms with E-state index in [1.807, 2.05) is 0 Å². The van der Waals surface area contributed by atoms with Crippen LogP contribution in [-0.4, -0.2) is 0 Å². The summed E-state index contributed by atoms with van der Waals surface area (Å²) in [4.78, 5) is 0. The Bertz CT molecular complexity index is 55.1. The molecule has 0 fully saturated rings. The standard InChI is InChI=1S/C9H19/c1-5-9(4)7-6-8(2)3/h6,8-9H,5,7H2,1-4H3. The average molecular weight is 127 g/mol. The van der Waals surface area contributed by atoms with Crippen LogP contribution in [0.2, 0.25) is 0 Å². The summed E-state index contributed by atoms with van der Waals surface area (Å²) in [5.41, 5.74) is 0. The van der Waals surface area contributed by atoms with Crippen LogP contribution in [-0.2, 0) is 0 Å². The summed E-state index contributed by atoms with van der Waals surface area (Å²) < 4.78 is 0. The van der Waals surface area contributed by atoms with Gasteiger partial charge in [0.1, 0.15) is 0 Å². The molecule has 9 heavy (non-hydrogen) atoms. The summed E-state index contributed by atoms with van der Waals surface area (Å²) in [5, 5.41) is 0. The largest absolute Gasteiger partial charge is 0.0651 e. The molecule has 0 nitrogen and oxygen atoms in total. The topological polar surface area (TPSA) is 0 Å². The first-order valence-electron chi connectivity index (χ1n) is 4.00. The molecule has 1 radical (unpaired) electrons. The first-order chi connectivity index (χ1) is 4.16. The van der Waals surface area contributed by atoms with Crippen molar-refractivity contribution < 1.29 is 0 Å². The molecule has 0 heterocycles. The Kier molecular flexibility index (Phi) is 4.84. The molecule has 0 N–H and O–H groups in total. The molecule has 0 aromatic carbocycles. The van der Waals surface area contributed by atoms with Crippen LogP contribution in [0, 0.1) is 18.3 Å². The van der Waals surface area contributed by atoms with Crippen molar-refractivity contribution in [2.75, 3.05) is 0 Å². The molecule has 0 aromatic heterocycles. The lowest BCUT2D eigenvalue weighted by Crippen LogP contribution is -1.96. The predicted molar refractivity (Wildman–Crippen MR) is 43.2 cm³/mol. The maximum Gasteiger partial charge on any atom is -0.0358 e. The van der Waals surface area contributed by atoms with Gasteiger partial charge >= 0.3 is 0 Å². The summed E-state index contributed by atoms with van der Waals surface area (Å²) in [7, 11) is 0. The van der Waals surface area contributed by atoms with Gasteiger partial charge in [-0.1, -0.05) is 34.1 Å². The minimum absolute atomic E-state index is 0.763. The van der Waals surface area contributed by atoms with Gasteiger partial charge < -0.3 is 0 Å². The monoisotopic (exact) mass is 127 g/mol. The van der Waals surface area contributed by atoms with Crippen LogP contribution in [0.15, 0.2) is 0 Å². The molecule has 1 atom stereocenters. The lowest BCUT2D eigenvalue weighted by molar-refractivity contribution is 0.521. The fourth-order valence-corrected chi connectivity index (χ4v) is 0.671. The molecule has 0 rings (SSSR count). The fourth-order valence-electron chi connectivity index (χ4n) is 0.671. The lowest BCUT2D eigenvalue weighted by atomic mass is 9.98. The van der Waals surface area contributed by atoms with E-state index in [0.717, 1.165) is 11.8 Å². The Morgan fingerprint density at radius 3 is 2.11 bits per heavy atom. The summed E-state index contributed by atoms with van der Waals surface area (Å²) in [6.07, 6.45) is 4.99. The second-order valence-corrected chi connectivity index (χ2v) is 3.23. The third-order valence-electron chi connectivity index (χ3n) is 1.71. The summed E-state index contributed by atoms with van der Waals surface area (Å²) in [6.45, 7) is 9.03. The minimum Gasteiger partial charge on any atom is -0.0651 e. The second kappa shape index (κ2) is 4.84. The predicted octanol–water partition coefficient (Wildman–Crippen LogP) is 3.28. The van der Waals surface area contributed by atoms with Gasteiger partial charge in [0.2, 0.25) is 0 Å². The highest BCUT2D eigenvalue weighted by Crippen LogP contribution is 2.12. The van der Waals surface area contributed by atoms with Crippen molar-refractivity contribution in [1.29, 1.82) is 0 Å². The maximum atomic E-state index is 2.40. The Labute approximate surface area is 59.7 Å². The van der Waals surface area contributed by atoms with Gasteiger partial charge in [0, 0.05) is 0 Å². The van der Waals surface area contributed by atoms with Crippen LogP contribution in [0.5, 0.6) is 0 Å². The molecule has 0 heteroatoms. The molecule has 0 aliphatic rings. The Morgan fingerprint density at radius 2 is 1.78 bits per heavy atom. The van der Waals surface area contributed by atoms with Gasteiger partial charge in [0.15, 0.2) is 0 Å². The quantitative estimate of drug-likeness (QED) is 0.543. The minimum atomic E-state index is 0.763.